The van der Waals surface area contributed by atoms with E-state index in [9.17, 15) is 9.59 Å². The molecule has 0 spiro atoms. The molecule has 2 aromatic heterocycles. The zero-order valence-corrected chi connectivity index (χ0v) is 8.78. The average molecular weight is 228 g/mol. The maximum absolute atomic E-state index is 11.6. The molecule has 0 saturated heterocycles. The third-order valence-electron chi connectivity index (χ3n) is 1.99. The molecule has 0 aliphatic heterocycles. The summed E-state index contributed by atoms with van der Waals surface area (Å²) < 4.78 is 0. The monoisotopic (exact) mass is 228 g/mol. The summed E-state index contributed by atoms with van der Waals surface area (Å²) in [4.78, 5) is 38.4. The smallest absolute Gasteiger partial charge is 0.207 e. The molecule has 0 fully saturated rings. The highest BCUT2D eigenvalue weighted by Crippen LogP contribution is 2.02. The van der Waals surface area contributed by atoms with Gasteiger partial charge in [-0.05, 0) is 6.07 Å². The molecule has 2 heterocycles. The fraction of sp³-hybridized carbons (Fsp3) is 0.0909. The van der Waals surface area contributed by atoms with Gasteiger partial charge in [0.1, 0.15) is 5.69 Å². The van der Waals surface area contributed by atoms with Crippen LogP contribution in [0.25, 0.3) is 0 Å². The molecule has 0 N–H and O–H groups in total. The molecule has 0 bridgehead atoms. The lowest BCUT2D eigenvalue weighted by Crippen LogP contribution is -2.12. The van der Waals surface area contributed by atoms with Crippen molar-refractivity contribution in [3.05, 3.63) is 48.6 Å². The summed E-state index contributed by atoms with van der Waals surface area (Å²) in [5.41, 5.74) is 0.164. The second-order valence-corrected chi connectivity index (χ2v) is 3.19. The van der Waals surface area contributed by atoms with Gasteiger partial charge in [-0.15, -0.1) is 0 Å². The van der Waals surface area contributed by atoms with Crippen LogP contribution in [0.4, 0.5) is 0 Å². The maximum Gasteiger partial charge on any atom is 0.207 e. The number of hydrogen-bond acceptors (Lipinski definition) is 6. The molecule has 6 heteroatoms. The van der Waals surface area contributed by atoms with Gasteiger partial charge < -0.3 is 0 Å². The molecular formula is C11H8N4O2. The van der Waals surface area contributed by atoms with E-state index in [0.717, 1.165) is 0 Å². The summed E-state index contributed by atoms with van der Waals surface area (Å²) in [5.74, 6) is -0.790. The highest BCUT2D eigenvalue weighted by atomic mass is 16.1. The van der Waals surface area contributed by atoms with Crippen LogP contribution in [0.2, 0.25) is 0 Å². The lowest BCUT2D eigenvalue weighted by Gasteiger charge is -1.98. The first-order valence-corrected chi connectivity index (χ1v) is 4.87. The number of ketones is 2. The lowest BCUT2D eigenvalue weighted by atomic mass is 10.1. The minimum Gasteiger partial charge on any atom is -0.292 e. The number of aromatic nitrogens is 4. The molecular weight excluding hydrogens is 220 g/mol. The Hall–Kier alpha value is -2.50. The van der Waals surface area contributed by atoms with Crippen LogP contribution in [0.5, 0.6) is 0 Å². The van der Waals surface area contributed by atoms with E-state index in [0.29, 0.717) is 0 Å². The van der Waals surface area contributed by atoms with Crippen LogP contribution in [0.15, 0.2) is 37.1 Å². The van der Waals surface area contributed by atoms with E-state index in [2.05, 4.69) is 19.9 Å². The zero-order chi connectivity index (χ0) is 12.1. The maximum atomic E-state index is 11.6. The van der Waals surface area contributed by atoms with Crippen LogP contribution >= 0.6 is 0 Å². The van der Waals surface area contributed by atoms with Gasteiger partial charge in [0, 0.05) is 24.8 Å². The third-order valence-corrected chi connectivity index (χ3v) is 1.99. The van der Waals surface area contributed by atoms with Gasteiger partial charge in [-0.3, -0.25) is 14.6 Å². The Morgan fingerprint density at radius 3 is 2.35 bits per heavy atom. The van der Waals surface area contributed by atoms with Gasteiger partial charge >= 0.3 is 0 Å². The van der Waals surface area contributed by atoms with Crippen molar-refractivity contribution in [3.8, 4) is 0 Å². The minimum absolute atomic E-state index is 0.0322. The molecule has 2 rings (SSSR count). The molecule has 0 aromatic carbocycles. The number of nitrogens with zero attached hydrogens (tertiary/aromatic N) is 4. The Balaban J connectivity index is 2.08. The van der Waals surface area contributed by atoms with E-state index in [1.165, 1.54) is 31.0 Å². The van der Waals surface area contributed by atoms with Crippen LogP contribution in [-0.4, -0.2) is 31.5 Å². The van der Waals surface area contributed by atoms with E-state index < -0.39 is 11.6 Å². The summed E-state index contributed by atoms with van der Waals surface area (Å²) in [7, 11) is 0. The first-order chi connectivity index (χ1) is 8.27. The van der Waals surface area contributed by atoms with E-state index in [-0.39, 0.29) is 17.9 Å². The lowest BCUT2D eigenvalue weighted by molar-refractivity contribution is 0.0885. The zero-order valence-electron chi connectivity index (χ0n) is 8.78. The summed E-state index contributed by atoms with van der Waals surface area (Å²) in [6, 6.07) is 1.60. The first-order valence-electron chi connectivity index (χ1n) is 4.87. The Labute approximate surface area is 96.8 Å². The predicted octanol–water partition coefficient (Wildman–Crippen LogP) is 0.722. The average Bonchev–Trinajstić information content (AvgIpc) is 2.40. The van der Waals surface area contributed by atoms with Gasteiger partial charge in [0.15, 0.2) is 11.6 Å². The van der Waals surface area contributed by atoms with E-state index in [1.807, 2.05) is 0 Å². The van der Waals surface area contributed by atoms with Gasteiger partial charge in [0.25, 0.3) is 0 Å². The third kappa shape index (κ3) is 2.75. The molecule has 6 nitrogen and oxygen atoms in total. The minimum atomic E-state index is -0.429. The molecule has 17 heavy (non-hydrogen) atoms. The Morgan fingerprint density at radius 2 is 1.71 bits per heavy atom. The van der Waals surface area contributed by atoms with Crippen molar-refractivity contribution in [2.45, 2.75) is 6.42 Å². The van der Waals surface area contributed by atoms with E-state index >= 15 is 0 Å². The Kier molecular flexibility index (Phi) is 3.25. The number of rotatable bonds is 4. The van der Waals surface area contributed by atoms with Crippen molar-refractivity contribution in [1.29, 1.82) is 0 Å². The molecule has 0 amide bonds. The molecule has 0 aliphatic rings. The normalized spacial score (nSPS) is 9.88. The molecule has 0 aliphatic carbocycles. The Morgan fingerprint density at radius 1 is 0.941 bits per heavy atom. The first kappa shape index (κ1) is 11.0. The Bertz CT molecular complexity index is 478. The van der Waals surface area contributed by atoms with Crippen molar-refractivity contribution >= 4 is 11.6 Å². The standard InChI is InChI=1S/C11H8N4O2/c16-9(8-7-12-4-5-13-8)6-10(17)11-14-2-1-3-15-11/h1-5,7H,6H2. The van der Waals surface area contributed by atoms with Crippen molar-refractivity contribution < 1.29 is 9.59 Å². The van der Waals surface area contributed by atoms with Gasteiger partial charge in [-0.2, -0.15) is 0 Å². The van der Waals surface area contributed by atoms with Crippen LogP contribution in [-0.2, 0) is 0 Å². The second-order valence-electron chi connectivity index (χ2n) is 3.19. The second kappa shape index (κ2) is 5.02. The fourth-order valence-electron chi connectivity index (χ4n) is 1.20. The highest BCUT2D eigenvalue weighted by molar-refractivity contribution is 6.11. The van der Waals surface area contributed by atoms with Crippen LogP contribution < -0.4 is 0 Å². The molecule has 0 atom stereocenters. The SMILES string of the molecule is O=C(CC(=O)c1ncccn1)c1cnccn1. The van der Waals surface area contributed by atoms with Gasteiger partial charge in [0.05, 0.1) is 12.6 Å². The predicted molar refractivity (Wildman–Crippen MR) is 57.3 cm³/mol. The van der Waals surface area contributed by atoms with Crippen LogP contribution in [0.1, 0.15) is 27.5 Å². The topological polar surface area (TPSA) is 85.7 Å². The number of Topliss-reactive ketones (excluding diaryl/α,β-unsaturated/α-hetero) is 2. The molecule has 0 radical (unpaired) electrons. The van der Waals surface area contributed by atoms with E-state index in [4.69, 9.17) is 0 Å². The number of carbonyl (C=O) groups is 2. The van der Waals surface area contributed by atoms with Crippen LogP contribution in [0.3, 0.4) is 0 Å². The molecule has 2 aromatic rings. The highest BCUT2D eigenvalue weighted by Gasteiger charge is 2.16. The van der Waals surface area contributed by atoms with Gasteiger partial charge in [-0.1, -0.05) is 0 Å². The van der Waals surface area contributed by atoms with E-state index in [1.54, 1.807) is 6.07 Å². The van der Waals surface area contributed by atoms with Gasteiger partial charge in [-0.25, -0.2) is 15.0 Å². The summed E-state index contributed by atoms with van der Waals surface area (Å²) in [6.07, 6.45) is 6.78. The quantitative estimate of drug-likeness (QED) is 0.566. The fourth-order valence-corrected chi connectivity index (χ4v) is 1.20. The molecule has 0 unspecified atom stereocenters. The molecule has 0 saturated carbocycles. The van der Waals surface area contributed by atoms with Gasteiger partial charge in [0.2, 0.25) is 5.78 Å². The van der Waals surface area contributed by atoms with Crippen molar-refractivity contribution in [2.75, 3.05) is 0 Å². The number of hydrogen-bond donors (Lipinski definition) is 0. The van der Waals surface area contributed by atoms with Crippen molar-refractivity contribution in [3.63, 3.8) is 0 Å². The van der Waals surface area contributed by atoms with Crippen LogP contribution in [0, 0.1) is 0 Å². The van der Waals surface area contributed by atoms with Crippen molar-refractivity contribution in [1.82, 2.24) is 19.9 Å². The molecule has 84 valence electrons. The largest absolute Gasteiger partial charge is 0.292 e. The summed E-state index contributed by atoms with van der Waals surface area (Å²) >= 11 is 0. The van der Waals surface area contributed by atoms with Crippen molar-refractivity contribution in [2.24, 2.45) is 0 Å². The summed E-state index contributed by atoms with van der Waals surface area (Å²) in [5, 5.41) is 0. The number of carbonyl (C=O) groups excluding carboxylic acids is 2. The summed E-state index contributed by atoms with van der Waals surface area (Å²) in [6.45, 7) is 0.